The third-order valence-electron chi connectivity index (χ3n) is 4.63. The number of benzene rings is 1. The number of hydrogen-bond donors (Lipinski definition) is 1. The molecule has 0 spiro atoms. The summed E-state index contributed by atoms with van der Waals surface area (Å²) in [4.78, 5) is 28.7. The smallest absolute Gasteiger partial charge is 0.317 e. The maximum absolute atomic E-state index is 12.8. The third-order valence-corrected chi connectivity index (χ3v) is 6.28. The van der Waals surface area contributed by atoms with Gasteiger partial charge in [-0.15, -0.1) is 11.8 Å². The molecule has 0 aromatic heterocycles. The van der Waals surface area contributed by atoms with E-state index in [0.29, 0.717) is 13.1 Å². The third kappa shape index (κ3) is 5.80. The molecule has 1 fully saturated rings. The molecule has 1 aliphatic heterocycles. The Morgan fingerprint density at radius 1 is 1.29 bits per heavy atom. The number of urea groups is 1. The summed E-state index contributed by atoms with van der Waals surface area (Å²) in [6.45, 7) is 9.17. The zero-order valence-electron chi connectivity index (χ0n) is 17.8. The highest BCUT2D eigenvalue weighted by molar-refractivity contribution is 8.01. The fraction of sp³-hybridized carbons (Fsp3) is 0.619. The molecule has 156 valence electrons. The number of methoxy groups -OCH3 is 1. The van der Waals surface area contributed by atoms with Crippen molar-refractivity contribution in [3.8, 4) is 5.75 Å². The minimum atomic E-state index is -0.263. The van der Waals surface area contributed by atoms with E-state index in [0.717, 1.165) is 24.2 Å². The van der Waals surface area contributed by atoms with Crippen molar-refractivity contribution in [1.82, 2.24) is 15.1 Å². The molecule has 1 saturated heterocycles. The quantitative estimate of drug-likeness (QED) is 0.745. The number of thioether (sulfide) groups is 1. The molecule has 3 amide bonds. The van der Waals surface area contributed by atoms with Crippen molar-refractivity contribution >= 4 is 23.7 Å². The first-order valence-corrected chi connectivity index (χ1v) is 10.7. The molecule has 2 rings (SSSR count). The van der Waals surface area contributed by atoms with Gasteiger partial charge in [-0.25, -0.2) is 4.79 Å². The summed E-state index contributed by atoms with van der Waals surface area (Å²) in [5.74, 6) is 0.998. The first-order valence-electron chi connectivity index (χ1n) is 9.79. The van der Waals surface area contributed by atoms with Crippen molar-refractivity contribution in [1.29, 1.82) is 0 Å². The highest BCUT2D eigenvalue weighted by Crippen LogP contribution is 2.44. The van der Waals surface area contributed by atoms with Crippen LogP contribution in [0.2, 0.25) is 0 Å². The van der Waals surface area contributed by atoms with Gasteiger partial charge in [-0.2, -0.15) is 0 Å². The number of hydrogen-bond acceptors (Lipinski definition) is 4. The highest BCUT2D eigenvalue weighted by atomic mass is 32.2. The molecule has 28 heavy (non-hydrogen) atoms. The van der Waals surface area contributed by atoms with Crippen LogP contribution in [0.25, 0.3) is 0 Å². The summed E-state index contributed by atoms with van der Waals surface area (Å²) in [5, 5.41) is 2.96. The van der Waals surface area contributed by atoms with E-state index in [1.165, 1.54) is 0 Å². The summed E-state index contributed by atoms with van der Waals surface area (Å²) < 4.78 is 5.24. The molecule has 2 atom stereocenters. The van der Waals surface area contributed by atoms with Crippen molar-refractivity contribution in [3.05, 3.63) is 29.8 Å². The van der Waals surface area contributed by atoms with Crippen molar-refractivity contribution in [2.75, 3.05) is 27.2 Å². The minimum Gasteiger partial charge on any atom is -0.497 e. The van der Waals surface area contributed by atoms with Gasteiger partial charge in [-0.1, -0.05) is 19.1 Å². The van der Waals surface area contributed by atoms with Crippen molar-refractivity contribution < 1.29 is 14.3 Å². The number of amides is 3. The zero-order chi connectivity index (χ0) is 20.9. The molecule has 1 aliphatic rings. The Kier molecular flexibility index (Phi) is 7.63. The zero-order valence-corrected chi connectivity index (χ0v) is 18.6. The van der Waals surface area contributed by atoms with Gasteiger partial charge < -0.3 is 19.9 Å². The van der Waals surface area contributed by atoms with Gasteiger partial charge in [0.15, 0.2) is 0 Å². The van der Waals surface area contributed by atoms with E-state index in [-0.39, 0.29) is 28.1 Å². The van der Waals surface area contributed by atoms with Crippen molar-refractivity contribution in [2.45, 2.75) is 56.7 Å². The maximum Gasteiger partial charge on any atom is 0.317 e. The van der Waals surface area contributed by atoms with E-state index >= 15 is 0 Å². The Labute approximate surface area is 173 Å². The van der Waals surface area contributed by atoms with Crippen molar-refractivity contribution in [3.63, 3.8) is 0 Å². The van der Waals surface area contributed by atoms with Crippen LogP contribution in [-0.2, 0) is 4.79 Å². The lowest BCUT2D eigenvalue weighted by Crippen LogP contribution is -2.47. The second-order valence-electron chi connectivity index (χ2n) is 8.15. The summed E-state index contributed by atoms with van der Waals surface area (Å²) in [7, 11) is 3.44. The summed E-state index contributed by atoms with van der Waals surface area (Å²) in [5.41, 5.74) is 0.842. The summed E-state index contributed by atoms with van der Waals surface area (Å²) in [6, 6.07) is 7.83. The van der Waals surface area contributed by atoms with E-state index in [1.54, 1.807) is 30.8 Å². The lowest BCUT2D eigenvalue weighted by atomic mass is 10.1. The molecule has 0 unspecified atom stereocenters. The number of carbonyl (C=O) groups excluding carboxylic acids is 2. The maximum atomic E-state index is 12.8. The fourth-order valence-corrected chi connectivity index (χ4v) is 4.54. The largest absolute Gasteiger partial charge is 0.497 e. The van der Waals surface area contributed by atoms with Crippen LogP contribution in [0.1, 0.15) is 51.5 Å². The Balaban J connectivity index is 1.99. The minimum absolute atomic E-state index is 0.00554. The highest BCUT2D eigenvalue weighted by Gasteiger charge is 2.39. The molecule has 0 radical (unpaired) electrons. The van der Waals surface area contributed by atoms with Gasteiger partial charge >= 0.3 is 6.03 Å². The van der Waals surface area contributed by atoms with Crippen LogP contribution in [0.3, 0.4) is 0 Å². The second-order valence-corrected chi connectivity index (χ2v) is 9.43. The molecule has 1 heterocycles. The standard InChI is InChI=1S/C21H33N3O3S/c1-7-17-18(25)24(14-8-13-23(5)20(26)22-21(2,3)4)19(28-17)15-9-11-16(27-6)12-10-15/h9-12,17,19H,7-8,13-14H2,1-6H3,(H,22,26)/t17-,19-/m0/s1. The Morgan fingerprint density at radius 2 is 1.93 bits per heavy atom. The molecule has 0 saturated carbocycles. The summed E-state index contributed by atoms with van der Waals surface area (Å²) >= 11 is 1.71. The van der Waals surface area contributed by atoms with E-state index < -0.39 is 0 Å². The number of ether oxygens (including phenoxy) is 1. The SMILES string of the molecule is CC[C@@H]1S[C@@H](c2ccc(OC)cc2)N(CCCN(C)C(=O)NC(C)(C)C)C1=O. The topological polar surface area (TPSA) is 61.9 Å². The van der Waals surface area contributed by atoms with Gasteiger partial charge in [-0.3, -0.25) is 4.79 Å². The molecule has 0 bridgehead atoms. The average molecular weight is 408 g/mol. The monoisotopic (exact) mass is 407 g/mol. The first-order chi connectivity index (χ1) is 13.2. The van der Waals surface area contributed by atoms with E-state index in [9.17, 15) is 9.59 Å². The van der Waals surface area contributed by atoms with Crippen LogP contribution >= 0.6 is 11.8 Å². The van der Waals surface area contributed by atoms with Gasteiger partial charge in [0.25, 0.3) is 0 Å². The summed E-state index contributed by atoms with van der Waals surface area (Å²) in [6.07, 6.45) is 1.56. The van der Waals surface area contributed by atoms with E-state index in [2.05, 4.69) is 12.2 Å². The normalized spacial score (nSPS) is 19.6. The van der Waals surface area contributed by atoms with Crippen LogP contribution in [0.15, 0.2) is 24.3 Å². The number of carbonyl (C=O) groups is 2. The predicted molar refractivity (Wildman–Crippen MR) is 115 cm³/mol. The molecule has 6 nitrogen and oxygen atoms in total. The molecule has 7 heteroatoms. The van der Waals surface area contributed by atoms with E-state index in [4.69, 9.17) is 4.74 Å². The van der Waals surface area contributed by atoms with Crippen LogP contribution < -0.4 is 10.1 Å². The Hall–Kier alpha value is -1.89. The second kappa shape index (κ2) is 9.54. The predicted octanol–water partition coefficient (Wildman–Crippen LogP) is 3.88. The van der Waals surface area contributed by atoms with Gasteiger partial charge in [-0.05, 0) is 51.3 Å². The molecule has 0 aliphatic carbocycles. The molecular weight excluding hydrogens is 374 g/mol. The lowest BCUT2D eigenvalue weighted by Gasteiger charge is -2.28. The Bertz CT molecular complexity index is 672. The van der Waals surface area contributed by atoms with Crippen molar-refractivity contribution in [2.24, 2.45) is 0 Å². The van der Waals surface area contributed by atoms with Gasteiger partial charge in [0.2, 0.25) is 5.91 Å². The van der Waals surface area contributed by atoms with Gasteiger partial charge in [0.05, 0.1) is 12.4 Å². The van der Waals surface area contributed by atoms with Gasteiger partial charge in [0.1, 0.15) is 11.1 Å². The lowest BCUT2D eigenvalue weighted by molar-refractivity contribution is -0.130. The first kappa shape index (κ1) is 22.4. The number of nitrogens with one attached hydrogen (secondary N) is 1. The Morgan fingerprint density at radius 3 is 2.46 bits per heavy atom. The molecular formula is C21H33N3O3S. The van der Waals surface area contributed by atoms with Crippen LogP contribution in [-0.4, -0.2) is 59.8 Å². The van der Waals surface area contributed by atoms with Crippen LogP contribution in [0.5, 0.6) is 5.75 Å². The van der Waals surface area contributed by atoms with Crippen LogP contribution in [0.4, 0.5) is 4.79 Å². The molecule has 1 aromatic rings. The number of rotatable bonds is 7. The van der Waals surface area contributed by atoms with Crippen LogP contribution in [0, 0.1) is 0 Å². The number of nitrogens with zero attached hydrogens (tertiary/aromatic N) is 2. The molecule has 1 aromatic carbocycles. The fourth-order valence-electron chi connectivity index (χ4n) is 3.11. The van der Waals surface area contributed by atoms with E-state index in [1.807, 2.05) is 49.9 Å². The van der Waals surface area contributed by atoms with Gasteiger partial charge in [0, 0.05) is 25.7 Å². The molecule has 1 N–H and O–H groups in total. The average Bonchev–Trinajstić information content (AvgIpc) is 2.96.